The Bertz CT molecular complexity index is 769. The fourth-order valence-corrected chi connectivity index (χ4v) is 2.50. The molecule has 0 atom stereocenters. The van der Waals surface area contributed by atoms with Gasteiger partial charge >= 0.3 is 0 Å². The molecular formula is C19H18FNO3. The van der Waals surface area contributed by atoms with Gasteiger partial charge in [0.25, 0.3) is 0 Å². The van der Waals surface area contributed by atoms with E-state index in [9.17, 15) is 9.18 Å². The fourth-order valence-electron chi connectivity index (χ4n) is 2.50. The lowest BCUT2D eigenvalue weighted by Gasteiger charge is -2.21. The van der Waals surface area contributed by atoms with Gasteiger partial charge in [-0.2, -0.15) is 0 Å². The first kappa shape index (κ1) is 16.1. The van der Waals surface area contributed by atoms with Crippen LogP contribution in [0.2, 0.25) is 0 Å². The van der Waals surface area contributed by atoms with E-state index in [2.05, 4.69) is 5.32 Å². The van der Waals surface area contributed by atoms with Gasteiger partial charge in [0.15, 0.2) is 11.5 Å². The molecule has 2 aromatic carbocycles. The molecule has 0 aromatic heterocycles. The zero-order valence-corrected chi connectivity index (χ0v) is 13.3. The quantitative estimate of drug-likeness (QED) is 0.877. The van der Waals surface area contributed by atoms with Gasteiger partial charge in [0.1, 0.15) is 19.0 Å². The maximum Gasteiger partial charge on any atom is 0.244 e. The number of benzene rings is 2. The molecule has 1 N–H and O–H groups in total. The van der Waals surface area contributed by atoms with Crippen molar-refractivity contribution in [3.63, 3.8) is 0 Å². The summed E-state index contributed by atoms with van der Waals surface area (Å²) in [5, 5.41) is 2.84. The van der Waals surface area contributed by atoms with Gasteiger partial charge in [0, 0.05) is 18.2 Å². The third-order valence-corrected chi connectivity index (χ3v) is 3.75. The molecule has 2 aromatic rings. The van der Waals surface area contributed by atoms with Crippen LogP contribution in [0.4, 0.5) is 4.39 Å². The third kappa shape index (κ3) is 3.74. The number of halogens is 1. The maximum absolute atomic E-state index is 12.9. The van der Waals surface area contributed by atoms with Crippen molar-refractivity contribution in [2.75, 3.05) is 13.2 Å². The second-order valence-corrected chi connectivity index (χ2v) is 5.49. The number of amides is 1. The number of allylic oxidation sites excluding steroid dienone is 1. The standard InChI is InChI=1S/C19H18FNO3/c1-13(14-5-7-16(20)8-6-14)11-18(22)21-12-15-3-2-4-17-19(15)24-10-9-23-17/h2-8,11H,9-10,12H2,1H3,(H,21,22)/b13-11-. The second-order valence-electron chi connectivity index (χ2n) is 5.49. The smallest absolute Gasteiger partial charge is 0.244 e. The number of carbonyl (C=O) groups is 1. The lowest BCUT2D eigenvalue weighted by Crippen LogP contribution is -2.23. The topological polar surface area (TPSA) is 47.6 Å². The normalized spacial score (nSPS) is 13.5. The molecule has 5 heteroatoms. The van der Waals surface area contributed by atoms with Gasteiger partial charge < -0.3 is 14.8 Å². The molecule has 0 fully saturated rings. The number of fused-ring (bicyclic) bond motifs is 1. The Labute approximate surface area is 139 Å². The van der Waals surface area contributed by atoms with Gasteiger partial charge in [-0.15, -0.1) is 0 Å². The van der Waals surface area contributed by atoms with Crippen molar-refractivity contribution in [1.82, 2.24) is 5.32 Å². The van der Waals surface area contributed by atoms with E-state index in [1.54, 1.807) is 12.1 Å². The highest BCUT2D eigenvalue weighted by molar-refractivity contribution is 5.94. The Hall–Kier alpha value is -2.82. The van der Waals surface area contributed by atoms with E-state index in [1.807, 2.05) is 25.1 Å². The molecule has 0 saturated carbocycles. The summed E-state index contributed by atoms with van der Waals surface area (Å²) in [4.78, 5) is 12.1. The molecule has 1 amide bonds. The summed E-state index contributed by atoms with van der Waals surface area (Å²) < 4.78 is 24.1. The largest absolute Gasteiger partial charge is 0.486 e. The zero-order valence-electron chi connectivity index (χ0n) is 13.3. The molecule has 0 aliphatic carbocycles. The predicted molar refractivity (Wildman–Crippen MR) is 89.3 cm³/mol. The van der Waals surface area contributed by atoms with E-state index < -0.39 is 0 Å². The van der Waals surface area contributed by atoms with Crippen molar-refractivity contribution < 1.29 is 18.7 Å². The van der Waals surface area contributed by atoms with Crippen LogP contribution >= 0.6 is 0 Å². The summed E-state index contributed by atoms with van der Waals surface area (Å²) >= 11 is 0. The molecule has 1 aliphatic rings. The van der Waals surface area contributed by atoms with Crippen LogP contribution in [0, 0.1) is 5.82 Å². The highest BCUT2D eigenvalue weighted by Gasteiger charge is 2.15. The molecular weight excluding hydrogens is 309 g/mol. The number of para-hydroxylation sites is 1. The zero-order chi connectivity index (χ0) is 16.9. The second kappa shape index (κ2) is 7.17. The molecule has 4 nitrogen and oxygen atoms in total. The molecule has 124 valence electrons. The summed E-state index contributed by atoms with van der Waals surface area (Å²) in [6.07, 6.45) is 1.50. The van der Waals surface area contributed by atoms with Crippen molar-refractivity contribution in [3.8, 4) is 11.5 Å². The molecule has 1 heterocycles. The number of rotatable bonds is 4. The molecule has 0 saturated heterocycles. The molecule has 0 bridgehead atoms. The van der Waals surface area contributed by atoms with Crippen LogP contribution < -0.4 is 14.8 Å². The molecule has 0 spiro atoms. The van der Waals surface area contributed by atoms with E-state index in [0.29, 0.717) is 31.3 Å². The number of carbonyl (C=O) groups excluding carboxylic acids is 1. The van der Waals surface area contributed by atoms with Gasteiger partial charge in [-0.3, -0.25) is 4.79 Å². The number of ether oxygens (including phenoxy) is 2. The molecule has 3 rings (SSSR count). The number of hydrogen-bond donors (Lipinski definition) is 1. The minimum Gasteiger partial charge on any atom is -0.486 e. The third-order valence-electron chi connectivity index (χ3n) is 3.75. The lowest BCUT2D eigenvalue weighted by molar-refractivity contribution is -0.116. The summed E-state index contributed by atoms with van der Waals surface area (Å²) in [6, 6.07) is 11.6. The van der Waals surface area contributed by atoms with Crippen molar-refractivity contribution in [1.29, 1.82) is 0 Å². The van der Waals surface area contributed by atoms with Gasteiger partial charge in [0.2, 0.25) is 5.91 Å². The lowest BCUT2D eigenvalue weighted by atomic mass is 10.1. The molecule has 1 aliphatic heterocycles. The number of nitrogens with one attached hydrogen (secondary N) is 1. The van der Waals surface area contributed by atoms with Gasteiger partial charge in [-0.1, -0.05) is 24.3 Å². The fraction of sp³-hybridized carbons (Fsp3) is 0.211. The molecule has 0 radical (unpaired) electrons. The van der Waals surface area contributed by atoms with Crippen molar-refractivity contribution >= 4 is 11.5 Å². The highest BCUT2D eigenvalue weighted by Crippen LogP contribution is 2.33. The van der Waals surface area contributed by atoms with Crippen LogP contribution in [-0.4, -0.2) is 19.1 Å². The maximum atomic E-state index is 12.9. The first-order valence-corrected chi connectivity index (χ1v) is 7.73. The monoisotopic (exact) mass is 327 g/mol. The van der Waals surface area contributed by atoms with Crippen LogP contribution in [0.3, 0.4) is 0 Å². The average molecular weight is 327 g/mol. The highest BCUT2D eigenvalue weighted by atomic mass is 19.1. The average Bonchev–Trinajstić information content (AvgIpc) is 2.60. The van der Waals surface area contributed by atoms with E-state index in [4.69, 9.17) is 9.47 Å². The van der Waals surface area contributed by atoms with E-state index >= 15 is 0 Å². The van der Waals surface area contributed by atoms with Crippen molar-refractivity contribution in [2.45, 2.75) is 13.5 Å². The van der Waals surface area contributed by atoms with Gasteiger partial charge in [-0.25, -0.2) is 4.39 Å². The molecule has 24 heavy (non-hydrogen) atoms. The minimum atomic E-state index is -0.299. The van der Waals surface area contributed by atoms with Gasteiger partial charge in [0.05, 0.1) is 0 Å². The number of hydrogen-bond acceptors (Lipinski definition) is 3. The SMILES string of the molecule is C/C(=C/C(=O)NCc1cccc2c1OCCO2)c1ccc(F)cc1. The summed E-state index contributed by atoms with van der Waals surface area (Å²) in [7, 11) is 0. The van der Waals surface area contributed by atoms with Gasteiger partial charge in [-0.05, 0) is 36.3 Å². The van der Waals surface area contributed by atoms with Crippen LogP contribution in [0.25, 0.3) is 5.57 Å². The minimum absolute atomic E-state index is 0.217. The summed E-state index contributed by atoms with van der Waals surface area (Å²) in [5.74, 6) is 0.868. The van der Waals surface area contributed by atoms with Crippen LogP contribution in [0.1, 0.15) is 18.1 Å². The van der Waals surface area contributed by atoms with Crippen LogP contribution in [0.15, 0.2) is 48.5 Å². The van der Waals surface area contributed by atoms with E-state index in [-0.39, 0.29) is 11.7 Å². The van der Waals surface area contributed by atoms with E-state index in [1.165, 1.54) is 18.2 Å². The summed E-state index contributed by atoms with van der Waals surface area (Å²) in [5.41, 5.74) is 2.44. The Morgan fingerprint density at radius 2 is 1.92 bits per heavy atom. The Kier molecular flexibility index (Phi) is 4.79. The van der Waals surface area contributed by atoms with Crippen molar-refractivity contribution in [3.05, 3.63) is 65.5 Å². The predicted octanol–water partition coefficient (Wildman–Crippen LogP) is 3.32. The first-order chi connectivity index (χ1) is 11.6. The van der Waals surface area contributed by atoms with Crippen LogP contribution in [-0.2, 0) is 11.3 Å². The Morgan fingerprint density at radius 3 is 2.71 bits per heavy atom. The van der Waals surface area contributed by atoms with Crippen LogP contribution in [0.5, 0.6) is 11.5 Å². The molecule has 0 unspecified atom stereocenters. The van der Waals surface area contributed by atoms with E-state index in [0.717, 1.165) is 16.7 Å². The Morgan fingerprint density at radius 1 is 1.17 bits per heavy atom. The summed E-state index contributed by atoms with van der Waals surface area (Å²) in [6.45, 7) is 3.19. The first-order valence-electron chi connectivity index (χ1n) is 7.73. The Balaban J connectivity index is 1.65. The van der Waals surface area contributed by atoms with Crippen molar-refractivity contribution in [2.24, 2.45) is 0 Å².